The average Bonchev–Trinajstić information content (AvgIpc) is 2.55. The Balaban J connectivity index is 2.64. The van der Waals surface area contributed by atoms with Gasteiger partial charge in [0, 0.05) is 19.7 Å². The predicted molar refractivity (Wildman–Crippen MR) is 58.9 cm³/mol. The fourth-order valence-electron chi connectivity index (χ4n) is 1.63. The van der Waals surface area contributed by atoms with Crippen molar-refractivity contribution in [2.45, 2.75) is 6.54 Å². The number of nitrogens with zero attached hydrogens (tertiary/aromatic N) is 2. The molecule has 78 valence electrons. The lowest BCUT2D eigenvalue weighted by Gasteiger charge is -2.08. The van der Waals surface area contributed by atoms with Crippen molar-refractivity contribution in [3.05, 3.63) is 52.4 Å². The fourth-order valence-corrected chi connectivity index (χ4v) is 1.63. The summed E-state index contributed by atoms with van der Waals surface area (Å²) in [5.74, 6) is 0. The van der Waals surface area contributed by atoms with E-state index in [9.17, 15) is 4.79 Å². The minimum absolute atomic E-state index is 0.0517. The molecule has 4 nitrogen and oxygen atoms in total. The van der Waals surface area contributed by atoms with Gasteiger partial charge in [0.1, 0.15) is 0 Å². The maximum atomic E-state index is 11.7. The van der Waals surface area contributed by atoms with Crippen molar-refractivity contribution in [2.24, 2.45) is 12.8 Å². The molecule has 0 spiro atoms. The number of rotatable bonds is 2. The summed E-state index contributed by atoms with van der Waals surface area (Å²) < 4.78 is 3.37. The van der Waals surface area contributed by atoms with E-state index in [0.29, 0.717) is 6.54 Å². The largest absolute Gasteiger partial charge is 0.325 e. The Labute approximate surface area is 87.5 Å². The smallest absolute Gasteiger partial charge is 0.271 e. The zero-order valence-electron chi connectivity index (χ0n) is 8.55. The highest BCUT2D eigenvalue weighted by molar-refractivity contribution is 5.30. The average molecular weight is 203 g/mol. The lowest BCUT2D eigenvalue weighted by Crippen LogP contribution is -2.19. The van der Waals surface area contributed by atoms with Crippen LogP contribution in [0.25, 0.3) is 5.69 Å². The molecule has 2 aromatic rings. The van der Waals surface area contributed by atoms with Crippen molar-refractivity contribution >= 4 is 0 Å². The van der Waals surface area contributed by atoms with Crippen LogP contribution in [-0.2, 0) is 13.6 Å². The van der Waals surface area contributed by atoms with E-state index in [4.69, 9.17) is 5.73 Å². The summed E-state index contributed by atoms with van der Waals surface area (Å²) in [4.78, 5) is 11.7. The van der Waals surface area contributed by atoms with E-state index in [0.717, 1.165) is 11.4 Å². The van der Waals surface area contributed by atoms with Crippen molar-refractivity contribution in [2.75, 3.05) is 0 Å². The highest BCUT2D eigenvalue weighted by Crippen LogP contribution is 2.05. The van der Waals surface area contributed by atoms with Crippen LogP contribution in [0.5, 0.6) is 0 Å². The molecule has 2 rings (SSSR count). The quantitative estimate of drug-likeness (QED) is 0.778. The summed E-state index contributed by atoms with van der Waals surface area (Å²) >= 11 is 0. The minimum atomic E-state index is -0.0517. The predicted octanol–water partition coefficient (Wildman–Crippen LogP) is 0.635. The normalized spacial score (nSPS) is 10.5. The highest BCUT2D eigenvalue weighted by atomic mass is 16.1. The van der Waals surface area contributed by atoms with Crippen LogP contribution in [0.2, 0.25) is 0 Å². The van der Waals surface area contributed by atoms with E-state index < -0.39 is 0 Å². The number of aromatic nitrogens is 2. The third-order valence-electron chi connectivity index (χ3n) is 2.42. The summed E-state index contributed by atoms with van der Waals surface area (Å²) in [6.07, 6.45) is 0. The molecule has 0 aliphatic rings. The van der Waals surface area contributed by atoms with Gasteiger partial charge in [-0.05, 0) is 12.1 Å². The van der Waals surface area contributed by atoms with Gasteiger partial charge in [-0.15, -0.1) is 0 Å². The number of para-hydroxylation sites is 1. The number of hydrogen-bond acceptors (Lipinski definition) is 2. The maximum absolute atomic E-state index is 11.7. The molecule has 0 aliphatic heterocycles. The van der Waals surface area contributed by atoms with Crippen LogP contribution in [0.4, 0.5) is 0 Å². The molecule has 0 bridgehead atoms. The molecule has 2 N–H and O–H groups in total. The lowest BCUT2D eigenvalue weighted by molar-refractivity contribution is 0.616. The number of nitrogens with two attached hydrogens (primary N) is 1. The Hall–Kier alpha value is -1.81. The van der Waals surface area contributed by atoms with Gasteiger partial charge in [-0.25, -0.2) is 4.68 Å². The van der Waals surface area contributed by atoms with Crippen molar-refractivity contribution in [1.82, 2.24) is 9.36 Å². The number of hydrogen-bond donors (Lipinski definition) is 1. The van der Waals surface area contributed by atoms with Crippen LogP contribution in [0.3, 0.4) is 0 Å². The zero-order valence-corrected chi connectivity index (χ0v) is 8.55. The third kappa shape index (κ3) is 1.59. The Bertz CT molecular complexity index is 510. The standard InChI is InChI=1S/C11H13N3O/c1-13-10(8-12)7-11(15)14(13)9-5-3-2-4-6-9/h2-7H,8,12H2,1H3. The molecule has 0 amide bonds. The summed E-state index contributed by atoms with van der Waals surface area (Å²) in [7, 11) is 1.83. The molecular formula is C11H13N3O. The van der Waals surface area contributed by atoms with E-state index in [2.05, 4.69) is 0 Å². The monoisotopic (exact) mass is 203 g/mol. The van der Waals surface area contributed by atoms with Gasteiger partial charge in [0.25, 0.3) is 5.56 Å². The summed E-state index contributed by atoms with van der Waals surface area (Å²) in [6.45, 7) is 0.367. The summed E-state index contributed by atoms with van der Waals surface area (Å²) in [5.41, 5.74) is 7.16. The van der Waals surface area contributed by atoms with Gasteiger partial charge in [-0.1, -0.05) is 18.2 Å². The zero-order chi connectivity index (χ0) is 10.8. The van der Waals surface area contributed by atoms with Crippen molar-refractivity contribution < 1.29 is 0 Å². The van der Waals surface area contributed by atoms with Crippen LogP contribution >= 0.6 is 0 Å². The van der Waals surface area contributed by atoms with Gasteiger partial charge in [0.2, 0.25) is 0 Å². The molecule has 0 unspecified atom stereocenters. The third-order valence-corrected chi connectivity index (χ3v) is 2.42. The van der Waals surface area contributed by atoms with E-state index >= 15 is 0 Å². The second kappa shape index (κ2) is 3.74. The highest BCUT2D eigenvalue weighted by Gasteiger charge is 2.07. The van der Waals surface area contributed by atoms with Gasteiger partial charge in [0.15, 0.2) is 0 Å². The SMILES string of the molecule is Cn1c(CN)cc(=O)n1-c1ccccc1. The molecule has 15 heavy (non-hydrogen) atoms. The first-order valence-electron chi connectivity index (χ1n) is 4.77. The minimum Gasteiger partial charge on any atom is -0.325 e. The van der Waals surface area contributed by atoms with Crippen LogP contribution in [-0.4, -0.2) is 9.36 Å². The maximum Gasteiger partial charge on any atom is 0.271 e. The summed E-state index contributed by atoms with van der Waals surface area (Å²) in [5, 5.41) is 0. The Morgan fingerprint density at radius 1 is 1.27 bits per heavy atom. The first kappa shape index (κ1) is 9.73. The van der Waals surface area contributed by atoms with Gasteiger partial charge in [-0.2, -0.15) is 0 Å². The summed E-state index contributed by atoms with van der Waals surface area (Å²) in [6, 6.07) is 11.1. The molecule has 0 fully saturated rings. The van der Waals surface area contributed by atoms with Crippen molar-refractivity contribution in [3.8, 4) is 5.69 Å². The first-order valence-corrected chi connectivity index (χ1v) is 4.77. The van der Waals surface area contributed by atoms with Crippen molar-refractivity contribution in [3.63, 3.8) is 0 Å². The molecule has 0 aliphatic carbocycles. The molecule has 0 saturated carbocycles. The topological polar surface area (TPSA) is 52.9 Å². The van der Waals surface area contributed by atoms with E-state index in [1.807, 2.05) is 37.4 Å². The van der Waals surface area contributed by atoms with Crippen LogP contribution in [0.15, 0.2) is 41.2 Å². The molecule has 1 aromatic heterocycles. The lowest BCUT2D eigenvalue weighted by atomic mass is 10.3. The second-order valence-electron chi connectivity index (χ2n) is 3.35. The van der Waals surface area contributed by atoms with Gasteiger partial charge in [0.05, 0.1) is 11.4 Å². The molecule has 0 atom stereocenters. The van der Waals surface area contributed by atoms with Crippen molar-refractivity contribution in [1.29, 1.82) is 0 Å². The van der Waals surface area contributed by atoms with Gasteiger partial charge in [-0.3, -0.25) is 9.48 Å². The molecular weight excluding hydrogens is 190 g/mol. The molecule has 0 radical (unpaired) electrons. The Morgan fingerprint density at radius 3 is 2.47 bits per heavy atom. The molecule has 1 aromatic carbocycles. The Morgan fingerprint density at radius 2 is 1.93 bits per heavy atom. The second-order valence-corrected chi connectivity index (χ2v) is 3.35. The molecule has 1 heterocycles. The van der Waals surface area contributed by atoms with Crippen LogP contribution in [0, 0.1) is 0 Å². The Kier molecular flexibility index (Phi) is 2.43. The number of benzene rings is 1. The van der Waals surface area contributed by atoms with Crippen LogP contribution < -0.4 is 11.3 Å². The van der Waals surface area contributed by atoms with E-state index in [1.165, 1.54) is 0 Å². The molecule has 4 heteroatoms. The first-order chi connectivity index (χ1) is 7.24. The fraction of sp³-hybridized carbons (Fsp3) is 0.182. The van der Waals surface area contributed by atoms with Crippen LogP contribution in [0.1, 0.15) is 5.69 Å². The van der Waals surface area contributed by atoms with E-state index in [-0.39, 0.29) is 5.56 Å². The van der Waals surface area contributed by atoms with Gasteiger partial charge >= 0.3 is 0 Å². The molecule has 0 saturated heterocycles. The van der Waals surface area contributed by atoms with Gasteiger partial charge < -0.3 is 5.73 Å². The van der Waals surface area contributed by atoms with E-state index in [1.54, 1.807) is 15.4 Å².